The minimum absolute atomic E-state index is 0.00825. The number of aromatic nitrogens is 8. The van der Waals surface area contributed by atoms with Gasteiger partial charge in [0.15, 0.2) is 23.1 Å². The molecule has 404 valence electrons. The molecule has 0 unspecified atom stereocenters. The zero-order valence-corrected chi connectivity index (χ0v) is 46.8. The van der Waals surface area contributed by atoms with Gasteiger partial charge in [0.25, 0.3) is 0 Å². The summed E-state index contributed by atoms with van der Waals surface area (Å²) in [5.74, 6) is 3.90. The molecule has 12 nitrogen and oxygen atoms in total. The number of hydrogen-bond acceptors (Lipinski definition) is 10. The molecule has 0 aliphatic carbocycles. The summed E-state index contributed by atoms with van der Waals surface area (Å²) in [6.07, 6.45) is 0. The normalized spacial score (nSPS) is 12.4. The van der Waals surface area contributed by atoms with Crippen molar-refractivity contribution in [1.82, 2.24) is 39.9 Å². The number of hydrogen-bond donors (Lipinski definition) is 2. The highest BCUT2D eigenvalue weighted by atomic mass is 16.5. The van der Waals surface area contributed by atoms with Gasteiger partial charge in [-0.25, -0.2) is 29.9 Å². The smallest absolute Gasteiger partial charge is 0.168 e. The highest BCUT2D eigenvalue weighted by Crippen LogP contribution is 2.43. The first kappa shape index (κ1) is 49.1. The van der Waals surface area contributed by atoms with E-state index in [4.69, 9.17) is 48.2 Å². The Morgan fingerprint density at radius 1 is 0.333 bits per heavy atom. The molecule has 84 heavy (non-hydrogen) atoms. The molecule has 0 saturated carbocycles. The molecule has 8 bridgehead atoms. The first-order chi connectivity index (χ1) is 40.8. The van der Waals surface area contributed by atoms with E-state index in [1.165, 1.54) is 11.1 Å². The molecule has 0 fully saturated rings. The Balaban J connectivity index is 1.03. The highest BCUT2D eigenvalue weighted by Gasteiger charge is 2.25. The van der Waals surface area contributed by atoms with E-state index in [2.05, 4.69) is 136 Å². The second-order valence-electron chi connectivity index (χ2n) is 23.7. The maximum absolute atomic E-state index is 7.32. The number of H-pyrrole nitrogens is 2. The lowest BCUT2D eigenvalue weighted by atomic mass is 9.87. The topological polar surface area (TPSA) is 154 Å². The van der Waals surface area contributed by atoms with Crippen LogP contribution in [0.15, 0.2) is 203 Å². The van der Waals surface area contributed by atoms with Gasteiger partial charge in [0.2, 0.25) is 0 Å². The van der Waals surface area contributed by atoms with E-state index in [1.807, 2.05) is 109 Å². The molecule has 10 aromatic carbocycles. The van der Waals surface area contributed by atoms with Crippen molar-refractivity contribution >= 4 is 110 Å². The standard InChI is InChI=1S/C72H52N8O4/c1-71(2,3)41-23-27-43(28-24-41)81-45-31-33-49-53(37-45)67-75-63(49)73-65-51-17-11-19-55-61(51)69(78-65)80-70-62-52(66(79-70)74-64-50-34-32-46(38-54(50)68(76-64)77-67)82-44-29-25-42(26-30-44)72(4,5)6)18-12-20-56(62)84-58-36-22-40-14-8-10-16-48(40)60(58)59-47-15-9-7-13-39(47)21-35-57(59)83-55/h7-38H,1-6H3,(H2,73,74,75,76,77,78,79,80). The Morgan fingerprint density at radius 2 is 0.833 bits per heavy atom. The molecular formula is C72H52N8O4. The van der Waals surface area contributed by atoms with E-state index in [0.717, 1.165) is 65.0 Å². The summed E-state index contributed by atoms with van der Waals surface area (Å²) in [5.41, 5.74) is 9.38. The molecule has 3 aliphatic heterocycles. The van der Waals surface area contributed by atoms with Gasteiger partial charge in [-0.15, -0.1) is 0 Å². The summed E-state index contributed by atoms with van der Waals surface area (Å²) in [5, 5.41) is 9.59. The number of benzene rings is 10. The Bertz CT molecular complexity index is 5410. The zero-order chi connectivity index (χ0) is 56.6. The van der Waals surface area contributed by atoms with Gasteiger partial charge in [0.05, 0.1) is 10.9 Å². The second-order valence-corrected chi connectivity index (χ2v) is 23.7. The Labute approximate surface area is 480 Å². The third-order valence-corrected chi connectivity index (χ3v) is 16.1. The summed E-state index contributed by atoms with van der Waals surface area (Å²) >= 11 is 0. The molecule has 0 saturated heterocycles. The molecular weight excluding hydrogens is 1040 g/mol. The van der Waals surface area contributed by atoms with Gasteiger partial charge >= 0.3 is 0 Å². The van der Waals surface area contributed by atoms with Crippen molar-refractivity contribution in [1.29, 1.82) is 0 Å². The molecule has 16 rings (SSSR count). The molecule has 3 aliphatic rings. The molecule has 0 atom stereocenters. The van der Waals surface area contributed by atoms with Crippen LogP contribution in [-0.4, -0.2) is 39.9 Å². The number of aromatic amines is 2. The monoisotopic (exact) mass is 1090 g/mol. The van der Waals surface area contributed by atoms with Crippen LogP contribution in [0.2, 0.25) is 0 Å². The van der Waals surface area contributed by atoms with Crippen molar-refractivity contribution in [2.75, 3.05) is 0 Å². The molecule has 0 radical (unpaired) electrons. The van der Waals surface area contributed by atoms with Gasteiger partial charge < -0.3 is 28.3 Å². The predicted octanol–water partition coefficient (Wildman–Crippen LogP) is 19.2. The minimum Gasteiger partial charge on any atom is -0.457 e. The lowest BCUT2D eigenvalue weighted by molar-refractivity contribution is 0.481. The average Bonchev–Trinajstić information content (AvgIpc) is 1.82. The molecule has 0 spiro atoms. The van der Waals surface area contributed by atoms with Gasteiger partial charge in [-0.1, -0.05) is 151 Å². The lowest BCUT2D eigenvalue weighted by Crippen LogP contribution is -2.10. The van der Waals surface area contributed by atoms with Gasteiger partial charge in [-0.3, -0.25) is 0 Å². The minimum atomic E-state index is -0.00860. The van der Waals surface area contributed by atoms with Crippen LogP contribution < -0.4 is 9.47 Å². The fourth-order valence-electron chi connectivity index (χ4n) is 11.8. The lowest BCUT2D eigenvalue weighted by Gasteiger charge is -2.19. The van der Waals surface area contributed by atoms with Crippen LogP contribution in [0.1, 0.15) is 52.7 Å². The number of ether oxygens (including phenoxy) is 2. The number of fused-ring (bicyclic) bond motifs is 21. The summed E-state index contributed by atoms with van der Waals surface area (Å²) in [6, 6.07) is 65.3. The predicted molar refractivity (Wildman–Crippen MR) is 337 cm³/mol. The zero-order valence-electron chi connectivity index (χ0n) is 46.8. The largest absolute Gasteiger partial charge is 0.457 e. The van der Waals surface area contributed by atoms with Crippen LogP contribution in [0.3, 0.4) is 0 Å². The molecule has 6 heterocycles. The maximum Gasteiger partial charge on any atom is 0.168 e. The van der Waals surface area contributed by atoms with Gasteiger partial charge in [-0.2, -0.15) is 0 Å². The van der Waals surface area contributed by atoms with Crippen LogP contribution in [0.5, 0.6) is 23.0 Å². The van der Waals surface area contributed by atoms with E-state index in [9.17, 15) is 0 Å². The average molecular weight is 1090 g/mol. The fraction of sp³-hybridized carbons (Fsp3) is 0.111. The van der Waals surface area contributed by atoms with Gasteiger partial charge in [-0.05, 0) is 128 Å². The molecule has 12 heteroatoms. The summed E-state index contributed by atoms with van der Waals surface area (Å²) in [6.45, 7) is 13.2. The third-order valence-electron chi connectivity index (χ3n) is 16.1. The van der Waals surface area contributed by atoms with Crippen molar-refractivity contribution in [2.24, 2.45) is 0 Å². The summed E-state index contributed by atoms with van der Waals surface area (Å²) in [4.78, 5) is 39.6. The van der Waals surface area contributed by atoms with Crippen LogP contribution in [0.4, 0.5) is 0 Å². The quantitative estimate of drug-likeness (QED) is 0.174. The Morgan fingerprint density at radius 3 is 1.49 bits per heavy atom. The van der Waals surface area contributed by atoms with Crippen LogP contribution in [-0.2, 0) is 10.8 Å². The SMILES string of the molecule is CC(C)(C)c1ccc(Oc2ccc3c(c2)-c2nc-3nc3[nH]c4nc5nc(nc6[nH]c(n2)c2cc(Oc7ccc(C(C)(C)C)cc7)ccc62)c2cccc(oc6ccc7ccccc7c6c6c(ccc7ccccc76)oc6cccc3c46)c2-5)cc1. The summed E-state index contributed by atoms with van der Waals surface area (Å²) in [7, 11) is 0. The number of nitrogens with zero attached hydrogens (tertiary/aromatic N) is 6. The first-order valence-electron chi connectivity index (χ1n) is 28.1. The molecule has 2 N–H and O–H groups in total. The second kappa shape index (κ2) is 18.4. The molecule has 13 aromatic rings. The first-order valence-corrected chi connectivity index (χ1v) is 28.1. The van der Waals surface area contributed by atoms with E-state index < -0.39 is 0 Å². The van der Waals surface area contributed by atoms with Crippen molar-refractivity contribution in [3.05, 3.63) is 205 Å². The van der Waals surface area contributed by atoms with E-state index in [-0.39, 0.29) is 10.8 Å². The van der Waals surface area contributed by atoms with Crippen molar-refractivity contribution in [2.45, 2.75) is 52.4 Å². The van der Waals surface area contributed by atoms with Gasteiger partial charge in [0, 0.05) is 43.4 Å². The number of rotatable bonds is 4. The van der Waals surface area contributed by atoms with Crippen molar-refractivity contribution in [3.63, 3.8) is 0 Å². The van der Waals surface area contributed by atoms with E-state index in [1.54, 1.807) is 0 Å². The van der Waals surface area contributed by atoms with Crippen LogP contribution >= 0.6 is 0 Å². The molecule has 0 amide bonds. The van der Waals surface area contributed by atoms with E-state index >= 15 is 0 Å². The third kappa shape index (κ3) is 8.19. The maximum atomic E-state index is 7.32. The Hall–Kier alpha value is -10.7. The van der Waals surface area contributed by atoms with Crippen LogP contribution in [0.25, 0.3) is 144 Å². The van der Waals surface area contributed by atoms with Crippen molar-refractivity contribution in [3.8, 4) is 57.2 Å². The highest BCUT2D eigenvalue weighted by molar-refractivity contribution is 6.25. The van der Waals surface area contributed by atoms with E-state index in [0.29, 0.717) is 102 Å². The fourth-order valence-corrected chi connectivity index (χ4v) is 11.8. The Kier molecular flexibility index (Phi) is 10.8. The van der Waals surface area contributed by atoms with Gasteiger partial charge in [0.1, 0.15) is 67.9 Å². The van der Waals surface area contributed by atoms with Crippen LogP contribution in [0, 0.1) is 0 Å². The molecule has 3 aromatic heterocycles. The summed E-state index contributed by atoms with van der Waals surface area (Å²) < 4.78 is 27.8. The van der Waals surface area contributed by atoms with Crippen molar-refractivity contribution < 1.29 is 18.3 Å². The number of nitrogens with one attached hydrogen (secondary N) is 2.